The predicted molar refractivity (Wildman–Crippen MR) is 68.9 cm³/mol. The van der Waals surface area contributed by atoms with Gasteiger partial charge in [0, 0.05) is 5.56 Å². The van der Waals surface area contributed by atoms with E-state index in [1.54, 1.807) is 21.8 Å². The predicted octanol–water partition coefficient (Wildman–Crippen LogP) is 4.49. The average Bonchev–Trinajstić information content (AvgIpc) is 2.64. The van der Waals surface area contributed by atoms with Crippen molar-refractivity contribution < 1.29 is 0 Å². The van der Waals surface area contributed by atoms with Crippen molar-refractivity contribution in [1.29, 1.82) is 5.26 Å². The minimum absolute atomic E-state index is 0.492. The summed E-state index contributed by atoms with van der Waals surface area (Å²) in [4.78, 5) is 0. The molecule has 80 valence electrons. The standard InChI is InChI=1S/C11H5BrCl2N2/c12-16-8(6-15)2-4-11(16)7-1-3-9(13)10(14)5-7/h1-5H. The van der Waals surface area contributed by atoms with Crippen molar-refractivity contribution in [1.82, 2.24) is 3.59 Å². The Kier molecular flexibility index (Phi) is 3.25. The van der Waals surface area contributed by atoms with Crippen LogP contribution < -0.4 is 0 Å². The highest BCUT2D eigenvalue weighted by Crippen LogP contribution is 2.30. The van der Waals surface area contributed by atoms with Crippen molar-refractivity contribution in [3.8, 4) is 17.3 Å². The zero-order valence-electron chi connectivity index (χ0n) is 7.92. The summed E-state index contributed by atoms with van der Waals surface area (Å²) in [5.74, 6) is 0. The quantitative estimate of drug-likeness (QED) is 0.762. The molecule has 0 unspecified atom stereocenters. The summed E-state index contributed by atoms with van der Waals surface area (Å²) in [7, 11) is 0. The van der Waals surface area contributed by atoms with Gasteiger partial charge in [-0.25, -0.2) is 0 Å². The van der Waals surface area contributed by atoms with Crippen molar-refractivity contribution in [3.05, 3.63) is 46.1 Å². The lowest BCUT2D eigenvalue weighted by molar-refractivity contribution is 1.26. The molecule has 5 heteroatoms. The Balaban J connectivity index is 2.55. The summed E-state index contributed by atoms with van der Waals surface area (Å²) >= 11 is 15.1. The molecule has 0 spiro atoms. The van der Waals surface area contributed by atoms with Gasteiger partial charge in [0.2, 0.25) is 0 Å². The van der Waals surface area contributed by atoms with Gasteiger partial charge in [0.1, 0.15) is 11.8 Å². The number of hydrogen-bond acceptors (Lipinski definition) is 1. The Labute approximate surface area is 111 Å². The molecule has 0 saturated heterocycles. The molecule has 0 fully saturated rings. The van der Waals surface area contributed by atoms with E-state index < -0.39 is 0 Å². The number of aromatic nitrogens is 1. The Bertz CT molecular complexity index is 584. The largest absolute Gasteiger partial charge is 0.267 e. The maximum Gasteiger partial charge on any atom is 0.130 e. The third-order valence-electron chi connectivity index (χ3n) is 2.15. The SMILES string of the molecule is N#Cc1ccc(-c2ccc(Cl)c(Cl)c2)n1Br. The van der Waals surface area contributed by atoms with Gasteiger partial charge in [-0.1, -0.05) is 29.3 Å². The Morgan fingerprint density at radius 2 is 1.88 bits per heavy atom. The van der Waals surface area contributed by atoms with Crippen LogP contribution in [0, 0.1) is 11.3 Å². The third kappa shape index (κ3) is 1.97. The maximum absolute atomic E-state index is 8.83. The molecule has 0 amide bonds. The van der Waals surface area contributed by atoms with Gasteiger partial charge in [-0.2, -0.15) is 5.26 Å². The molecule has 0 aliphatic heterocycles. The highest BCUT2D eigenvalue weighted by Gasteiger charge is 2.09. The number of halogens is 3. The molecule has 0 aliphatic carbocycles. The first kappa shape index (κ1) is 11.5. The second-order valence-corrected chi connectivity index (χ2v) is 4.65. The molecule has 0 atom stereocenters. The van der Waals surface area contributed by atoms with Crippen LogP contribution in [0.4, 0.5) is 0 Å². The van der Waals surface area contributed by atoms with Crippen molar-refractivity contribution in [2.45, 2.75) is 0 Å². The van der Waals surface area contributed by atoms with E-state index in [0.29, 0.717) is 15.7 Å². The van der Waals surface area contributed by atoms with Crippen LogP contribution in [0.15, 0.2) is 30.3 Å². The number of nitrogens with zero attached hydrogens (tertiary/aromatic N) is 2. The molecule has 0 radical (unpaired) electrons. The monoisotopic (exact) mass is 314 g/mol. The molecule has 2 nitrogen and oxygen atoms in total. The highest BCUT2D eigenvalue weighted by atomic mass is 79.9. The Morgan fingerprint density at radius 3 is 2.44 bits per heavy atom. The zero-order valence-corrected chi connectivity index (χ0v) is 11.0. The van der Waals surface area contributed by atoms with Gasteiger partial charge in [-0.3, -0.25) is 3.59 Å². The van der Waals surface area contributed by atoms with E-state index in [0.717, 1.165) is 11.3 Å². The fourth-order valence-electron chi connectivity index (χ4n) is 1.36. The topological polar surface area (TPSA) is 28.7 Å². The van der Waals surface area contributed by atoms with Crippen molar-refractivity contribution in [3.63, 3.8) is 0 Å². The third-order valence-corrected chi connectivity index (χ3v) is 3.66. The Hall–Kier alpha value is -0.950. The van der Waals surface area contributed by atoms with Crippen LogP contribution in [0.3, 0.4) is 0 Å². The molecular weight excluding hydrogens is 311 g/mol. The van der Waals surface area contributed by atoms with Crippen LogP contribution in [-0.4, -0.2) is 3.59 Å². The zero-order chi connectivity index (χ0) is 11.7. The van der Waals surface area contributed by atoms with E-state index in [1.807, 2.05) is 12.1 Å². The number of benzene rings is 1. The lowest BCUT2D eigenvalue weighted by atomic mass is 10.2. The number of hydrogen-bond donors (Lipinski definition) is 0. The number of rotatable bonds is 1. The first-order valence-corrected chi connectivity index (χ1v) is 5.83. The maximum atomic E-state index is 8.83. The fraction of sp³-hybridized carbons (Fsp3) is 0. The molecule has 16 heavy (non-hydrogen) atoms. The van der Waals surface area contributed by atoms with E-state index in [4.69, 9.17) is 28.5 Å². The molecule has 2 aromatic rings. The second-order valence-electron chi connectivity index (χ2n) is 3.13. The molecule has 0 bridgehead atoms. The molecule has 0 saturated carbocycles. The van der Waals surface area contributed by atoms with Gasteiger partial charge in [-0.15, -0.1) is 0 Å². The van der Waals surface area contributed by atoms with Gasteiger partial charge >= 0.3 is 0 Å². The van der Waals surface area contributed by atoms with Gasteiger partial charge in [0.15, 0.2) is 0 Å². The number of nitriles is 1. The van der Waals surface area contributed by atoms with Crippen LogP contribution >= 0.6 is 39.3 Å². The summed E-state index contributed by atoms with van der Waals surface area (Å²) in [6, 6.07) is 11.0. The first-order chi connectivity index (χ1) is 7.63. The van der Waals surface area contributed by atoms with Crippen molar-refractivity contribution in [2.24, 2.45) is 0 Å². The van der Waals surface area contributed by atoms with E-state index in [2.05, 4.69) is 22.2 Å². The van der Waals surface area contributed by atoms with Gasteiger partial charge in [0.25, 0.3) is 0 Å². The van der Waals surface area contributed by atoms with Crippen molar-refractivity contribution in [2.75, 3.05) is 0 Å². The summed E-state index contributed by atoms with van der Waals surface area (Å²) in [5, 5.41) is 9.83. The molecule has 0 aliphatic rings. The molecule has 2 rings (SSSR count). The molecule has 1 aromatic carbocycles. The van der Waals surface area contributed by atoms with Crippen LogP contribution in [0.5, 0.6) is 0 Å². The van der Waals surface area contributed by atoms with Gasteiger partial charge in [-0.05, 0) is 24.3 Å². The van der Waals surface area contributed by atoms with E-state index >= 15 is 0 Å². The van der Waals surface area contributed by atoms with Gasteiger partial charge in [0.05, 0.1) is 31.9 Å². The summed E-state index contributed by atoms with van der Waals surface area (Å²) in [6.07, 6.45) is 0. The van der Waals surface area contributed by atoms with Crippen molar-refractivity contribution >= 4 is 39.3 Å². The fourth-order valence-corrected chi connectivity index (χ4v) is 2.18. The molecular formula is C11H5BrCl2N2. The van der Waals surface area contributed by atoms with Crippen LogP contribution in [0.2, 0.25) is 10.0 Å². The van der Waals surface area contributed by atoms with E-state index in [9.17, 15) is 0 Å². The minimum Gasteiger partial charge on any atom is -0.267 e. The van der Waals surface area contributed by atoms with E-state index in [-0.39, 0.29) is 0 Å². The second kappa shape index (κ2) is 4.50. The van der Waals surface area contributed by atoms with Crippen LogP contribution in [0.1, 0.15) is 5.69 Å². The summed E-state index contributed by atoms with van der Waals surface area (Å²) < 4.78 is 1.63. The Morgan fingerprint density at radius 1 is 1.12 bits per heavy atom. The molecule has 1 heterocycles. The van der Waals surface area contributed by atoms with Gasteiger partial charge < -0.3 is 0 Å². The minimum atomic E-state index is 0.492. The normalized spacial score (nSPS) is 10.1. The summed E-state index contributed by atoms with van der Waals surface area (Å²) in [5.41, 5.74) is 2.28. The lowest BCUT2D eigenvalue weighted by Crippen LogP contribution is -1.87. The highest BCUT2D eigenvalue weighted by molar-refractivity contribution is 9.08. The molecule has 1 aromatic heterocycles. The molecule has 0 N–H and O–H groups in total. The summed E-state index contributed by atoms with van der Waals surface area (Å²) in [6.45, 7) is 0. The van der Waals surface area contributed by atoms with Crippen LogP contribution in [0.25, 0.3) is 11.3 Å². The van der Waals surface area contributed by atoms with Crippen LogP contribution in [-0.2, 0) is 0 Å². The smallest absolute Gasteiger partial charge is 0.130 e. The first-order valence-electron chi connectivity index (χ1n) is 4.37. The lowest BCUT2D eigenvalue weighted by Gasteiger charge is -2.03. The van der Waals surface area contributed by atoms with E-state index in [1.165, 1.54) is 0 Å². The average molecular weight is 316 g/mol.